The molecule has 1 heterocycles. The Morgan fingerprint density at radius 1 is 0.971 bits per heavy atom. The second-order valence-corrected chi connectivity index (χ2v) is 13.1. The third-order valence-electron chi connectivity index (χ3n) is 11.8. The van der Waals surface area contributed by atoms with Gasteiger partial charge >= 0.3 is 0 Å². The van der Waals surface area contributed by atoms with Crippen molar-refractivity contribution in [3.8, 4) is 0 Å². The predicted octanol–water partition coefficient (Wildman–Crippen LogP) is 7.52. The van der Waals surface area contributed by atoms with E-state index >= 15 is 0 Å². The summed E-state index contributed by atoms with van der Waals surface area (Å²) in [5.41, 5.74) is 4.23. The first-order chi connectivity index (χ1) is 16.7. The maximum Gasteiger partial charge on any atom is 0.219 e. The van der Waals surface area contributed by atoms with Gasteiger partial charge in [-0.1, -0.05) is 44.6 Å². The number of hydrogen-bond donors (Lipinski definition) is 0. The standard InChI is InChI=1S/C32H42N2O/c1-21(35)34(5)26-11-15-30(2)25(19-26)10-14-32(4)28-9-8-27(31(28,3)16-12-29(30)32)23-7-6-22-13-17-33-20-24(22)18-23/h6-7,10,13,17-18,20,26-29H,8-9,11-12,14-16,19H2,1-5H3/t26-,27+,28+,29+,30-,31+,32-/m0/s1. The van der Waals surface area contributed by atoms with Crippen molar-refractivity contribution in [2.24, 2.45) is 28.1 Å². The van der Waals surface area contributed by atoms with Gasteiger partial charge in [-0.15, -0.1) is 0 Å². The number of allylic oxidation sites excluding steroid dienone is 1. The SMILES string of the molecule is CC(=O)N(C)[C@H]1CC[C@@]2(C)C(=CC[C@@]3(C)[C@@H]4CC[C@H](c5ccc6ccncc6c5)[C@@]4(C)CC[C@@H]32)C1. The van der Waals surface area contributed by atoms with Crippen LogP contribution in [0.25, 0.3) is 10.8 Å². The Balaban J connectivity index is 1.31. The summed E-state index contributed by atoms with van der Waals surface area (Å²) in [5, 5.41) is 2.57. The van der Waals surface area contributed by atoms with Gasteiger partial charge in [0, 0.05) is 37.8 Å². The van der Waals surface area contributed by atoms with Crippen LogP contribution in [0.5, 0.6) is 0 Å². The number of benzene rings is 1. The molecule has 3 fully saturated rings. The summed E-state index contributed by atoms with van der Waals surface area (Å²) < 4.78 is 0. The molecular formula is C32H42N2O. The van der Waals surface area contributed by atoms with Crippen LogP contribution in [0.3, 0.4) is 0 Å². The fourth-order valence-corrected chi connectivity index (χ4v) is 9.75. The molecule has 1 aromatic carbocycles. The zero-order valence-electron chi connectivity index (χ0n) is 22.3. The zero-order chi connectivity index (χ0) is 24.6. The largest absolute Gasteiger partial charge is 0.343 e. The minimum absolute atomic E-state index is 0.203. The van der Waals surface area contributed by atoms with E-state index in [0.717, 1.165) is 24.7 Å². The van der Waals surface area contributed by atoms with Gasteiger partial charge in [0.25, 0.3) is 0 Å². The molecule has 3 nitrogen and oxygen atoms in total. The van der Waals surface area contributed by atoms with Gasteiger partial charge in [-0.2, -0.15) is 0 Å². The second kappa shape index (κ2) is 7.92. The summed E-state index contributed by atoms with van der Waals surface area (Å²) in [6.07, 6.45) is 16.6. The number of rotatable bonds is 2. The van der Waals surface area contributed by atoms with Crippen molar-refractivity contribution in [1.29, 1.82) is 0 Å². The highest BCUT2D eigenvalue weighted by Crippen LogP contribution is 2.72. The van der Waals surface area contributed by atoms with Crippen LogP contribution in [0.1, 0.15) is 90.5 Å². The van der Waals surface area contributed by atoms with E-state index in [1.54, 1.807) is 12.5 Å². The molecule has 0 saturated heterocycles. The molecule has 2 aromatic rings. The Morgan fingerprint density at radius 2 is 1.80 bits per heavy atom. The van der Waals surface area contributed by atoms with E-state index < -0.39 is 0 Å². The van der Waals surface area contributed by atoms with E-state index in [4.69, 9.17) is 0 Å². The lowest BCUT2D eigenvalue weighted by Crippen LogP contribution is -2.56. The molecule has 0 unspecified atom stereocenters. The number of carbonyl (C=O) groups excluding carboxylic acids is 1. The Kier molecular flexibility index (Phi) is 5.26. The number of nitrogens with zero attached hydrogens (tertiary/aromatic N) is 2. The van der Waals surface area contributed by atoms with E-state index in [2.05, 4.69) is 56.1 Å². The van der Waals surface area contributed by atoms with E-state index in [9.17, 15) is 4.79 Å². The first-order valence-electron chi connectivity index (χ1n) is 13.9. The Bertz CT molecular complexity index is 1200. The molecule has 3 saturated carbocycles. The monoisotopic (exact) mass is 470 g/mol. The molecule has 1 aromatic heterocycles. The number of hydrogen-bond acceptors (Lipinski definition) is 2. The highest BCUT2D eigenvalue weighted by Gasteiger charge is 2.63. The van der Waals surface area contributed by atoms with Crippen LogP contribution >= 0.6 is 0 Å². The molecule has 6 rings (SSSR count). The molecule has 0 spiro atoms. The summed E-state index contributed by atoms with van der Waals surface area (Å²) >= 11 is 0. The van der Waals surface area contributed by atoms with Gasteiger partial charge in [0.05, 0.1) is 0 Å². The van der Waals surface area contributed by atoms with E-state index in [0.29, 0.717) is 28.2 Å². The fourth-order valence-electron chi connectivity index (χ4n) is 9.75. The van der Waals surface area contributed by atoms with Crippen LogP contribution in [0.15, 0.2) is 48.3 Å². The van der Waals surface area contributed by atoms with E-state index in [1.807, 2.05) is 24.3 Å². The third-order valence-corrected chi connectivity index (χ3v) is 11.8. The minimum atomic E-state index is 0.203. The Morgan fingerprint density at radius 3 is 2.60 bits per heavy atom. The van der Waals surface area contributed by atoms with Gasteiger partial charge in [-0.25, -0.2) is 0 Å². The maximum absolute atomic E-state index is 12.0. The minimum Gasteiger partial charge on any atom is -0.343 e. The van der Waals surface area contributed by atoms with Crippen molar-refractivity contribution in [3.05, 3.63) is 53.9 Å². The van der Waals surface area contributed by atoms with Gasteiger partial charge in [0.1, 0.15) is 0 Å². The van der Waals surface area contributed by atoms with Gasteiger partial charge in [-0.3, -0.25) is 9.78 Å². The van der Waals surface area contributed by atoms with Gasteiger partial charge < -0.3 is 4.90 Å². The van der Waals surface area contributed by atoms with Gasteiger partial charge in [0.2, 0.25) is 5.91 Å². The summed E-state index contributed by atoms with van der Waals surface area (Å²) in [6.45, 7) is 9.57. The van der Waals surface area contributed by atoms with Crippen molar-refractivity contribution in [3.63, 3.8) is 0 Å². The third kappa shape index (κ3) is 3.29. The molecule has 0 radical (unpaired) electrons. The zero-order valence-corrected chi connectivity index (χ0v) is 22.3. The average molecular weight is 471 g/mol. The smallest absolute Gasteiger partial charge is 0.219 e. The molecule has 1 amide bonds. The molecule has 0 N–H and O–H groups in total. The van der Waals surface area contributed by atoms with Crippen LogP contribution in [0.2, 0.25) is 0 Å². The lowest BCUT2D eigenvalue weighted by molar-refractivity contribution is -0.131. The van der Waals surface area contributed by atoms with Crippen LogP contribution in [0.4, 0.5) is 0 Å². The normalized spacial score (nSPS) is 40.4. The van der Waals surface area contributed by atoms with Crippen LogP contribution in [-0.2, 0) is 4.79 Å². The molecule has 7 atom stereocenters. The number of pyridine rings is 1. The summed E-state index contributed by atoms with van der Waals surface area (Å²) in [7, 11) is 2.00. The van der Waals surface area contributed by atoms with Crippen molar-refractivity contribution in [2.75, 3.05) is 7.05 Å². The highest BCUT2D eigenvalue weighted by atomic mass is 16.2. The Hall–Kier alpha value is -2.16. The Labute approximate surface area is 211 Å². The van der Waals surface area contributed by atoms with Crippen LogP contribution in [0, 0.1) is 28.1 Å². The molecule has 35 heavy (non-hydrogen) atoms. The number of fused-ring (bicyclic) bond motifs is 6. The van der Waals surface area contributed by atoms with E-state index in [1.165, 1.54) is 54.9 Å². The molecule has 0 bridgehead atoms. The molecule has 4 aliphatic rings. The van der Waals surface area contributed by atoms with Gasteiger partial charge in [-0.05, 0) is 108 Å². The number of carbonyl (C=O) groups is 1. The summed E-state index contributed by atoms with van der Waals surface area (Å²) in [4.78, 5) is 18.4. The highest BCUT2D eigenvalue weighted by molar-refractivity contribution is 5.82. The predicted molar refractivity (Wildman–Crippen MR) is 143 cm³/mol. The maximum atomic E-state index is 12.0. The summed E-state index contributed by atoms with van der Waals surface area (Å²) in [5.74, 6) is 2.38. The first kappa shape index (κ1) is 23.3. The van der Waals surface area contributed by atoms with E-state index in [-0.39, 0.29) is 5.91 Å². The van der Waals surface area contributed by atoms with Crippen molar-refractivity contribution in [2.45, 2.75) is 91.0 Å². The molecule has 4 aliphatic carbocycles. The topological polar surface area (TPSA) is 33.2 Å². The number of amides is 1. The first-order valence-corrected chi connectivity index (χ1v) is 13.9. The molecule has 0 aliphatic heterocycles. The quantitative estimate of drug-likeness (QED) is 0.425. The van der Waals surface area contributed by atoms with Crippen molar-refractivity contribution < 1.29 is 4.79 Å². The van der Waals surface area contributed by atoms with Gasteiger partial charge in [0.15, 0.2) is 0 Å². The molecular weight excluding hydrogens is 428 g/mol. The van der Waals surface area contributed by atoms with Crippen molar-refractivity contribution >= 4 is 16.7 Å². The lowest BCUT2D eigenvalue weighted by Gasteiger charge is -2.63. The number of aromatic nitrogens is 1. The summed E-state index contributed by atoms with van der Waals surface area (Å²) in [6, 6.07) is 9.65. The molecule has 3 heteroatoms. The van der Waals surface area contributed by atoms with Crippen LogP contribution < -0.4 is 0 Å². The fraction of sp³-hybridized carbons (Fsp3) is 0.625. The van der Waals surface area contributed by atoms with Crippen LogP contribution in [-0.4, -0.2) is 28.9 Å². The lowest BCUT2D eigenvalue weighted by atomic mass is 9.41. The molecule has 186 valence electrons. The average Bonchev–Trinajstić information content (AvgIpc) is 3.21. The second-order valence-electron chi connectivity index (χ2n) is 13.1. The van der Waals surface area contributed by atoms with Crippen molar-refractivity contribution in [1.82, 2.24) is 9.88 Å².